The molecule has 37 heavy (non-hydrogen) atoms. The second-order valence-corrected chi connectivity index (χ2v) is 11.6. The lowest BCUT2D eigenvalue weighted by Crippen LogP contribution is -2.29. The van der Waals surface area contributed by atoms with Gasteiger partial charge in [-0.25, -0.2) is 21.6 Å². The number of nitriles is 1. The zero-order valence-corrected chi connectivity index (χ0v) is 21.6. The van der Waals surface area contributed by atoms with Crippen LogP contribution in [-0.4, -0.2) is 49.3 Å². The zero-order valence-electron chi connectivity index (χ0n) is 19.9. The molecule has 0 bridgehead atoms. The summed E-state index contributed by atoms with van der Waals surface area (Å²) < 4.78 is 63.1. The number of carbonyl (C=O) groups excluding carboxylic acids is 1. The van der Waals surface area contributed by atoms with Crippen LogP contribution in [0.15, 0.2) is 70.5 Å². The fourth-order valence-electron chi connectivity index (χ4n) is 3.58. The van der Waals surface area contributed by atoms with Crippen LogP contribution in [0.3, 0.4) is 0 Å². The maximum atomic E-state index is 12.9. The minimum atomic E-state index is -4.06. The molecule has 0 spiro atoms. The normalized spacial score (nSPS) is 11.5. The highest BCUT2D eigenvalue weighted by Gasteiger charge is 2.21. The number of carbonyl (C=O) groups is 1. The van der Waals surface area contributed by atoms with Crippen molar-refractivity contribution in [2.45, 2.75) is 16.2 Å². The highest BCUT2D eigenvalue weighted by atomic mass is 32.2. The molecule has 12 heteroatoms. The SMILES string of the molecule is COc1ccc(C#N)cc1S(=O)(=O)NCCc1ccc(-c2ccccc2S(C)(=O)=O)cc1OCC(=O)[O-]. The Morgan fingerprint density at radius 1 is 1.00 bits per heavy atom. The Bertz CT molecular complexity index is 1580. The van der Waals surface area contributed by atoms with E-state index in [0.717, 1.165) is 6.26 Å². The lowest BCUT2D eigenvalue weighted by atomic mass is 10.0. The molecule has 0 fully saturated rings. The van der Waals surface area contributed by atoms with Crippen molar-refractivity contribution in [2.24, 2.45) is 0 Å². The number of nitrogens with zero attached hydrogens (tertiary/aromatic N) is 1. The van der Waals surface area contributed by atoms with Crippen LogP contribution < -0.4 is 19.3 Å². The van der Waals surface area contributed by atoms with E-state index in [4.69, 9.17) is 14.7 Å². The van der Waals surface area contributed by atoms with Crippen LogP contribution in [0.1, 0.15) is 11.1 Å². The van der Waals surface area contributed by atoms with E-state index in [1.54, 1.807) is 30.3 Å². The van der Waals surface area contributed by atoms with Gasteiger partial charge in [0.1, 0.15) is 23.0 Å². The number of ether oxygens (including phenoxy) is 2. The van der Waals surface area contributed by atoms with E-state index in [1.165, 1.54) is 37.4 Å². The van der Waals surface area contributed by atoms with Gasteiger partial charge in [-0.3, -0.25) is 0 Å². The summed E-state index contributed by atoms with van der Waals surface area (Å²) in [5.41, 5.74) is 1.49. The van der Waals surface area contributed by atoms with Gasteiger partial charge in [0.15, 0.2) is 9.84 Å². The van der Waals surface area contributed by atoms with Gasteiger partial charge in [0, 0.05) is 18.4 Å². The number of aliphatic carboxylic acids is 1. The van der Waals surface area contributed by atoms with Gasteiger partial charge in [0.25, 0.3) is 0 Å². The summed E-state index contributed by atoms with van der Waals surface area (Å²) in [5, 5.41) is 20.1. The smallest absolute Gasteiger partial charge is 0.244 e. The average Bonchev–Trinajstić information content (AvgIpc) is 2.86. The van der Waals surface area contributed by atoms with Gasteiger partial charge >= 0.3 is 0 Å². The second kappa shape index (κ2) is 11.4. The summed E-state index contributed by atoms with van der Waals surface area (Å²) in [6.45, 7) is -0.850. The minimum absolute atomic E-state index is 0.0679. The molecule has 0 aromatic heterocycles. The predicted octanol–water partition coefficient (Wildman–Crippen LogP) is 1.29. The number of sulfone groups is 1. The van der Waals surface area contributed by atoms with Gasteiger partial charge in [-0.1, -0.05) is 30.3 Å². The molecule has 0 unspecified atom stereocenters. The van der Waals surface area contributed by atoms with E-state index >= 15 is 0 Å². The molecule has 3 aromatic rings. The van der Waals surface area contributed by atoms with Gasteiger partial charge in [-0.05, 0) is 47.9 Å². The Balaban J connectivity index is 1.90. The maximum absolute atomic E-state index is 12.9. The monoisotopic (exact) mass is 543 g/mol. The van der Waals surface area contributed by atoms with E-state index in [1.807, 2.05) is 6.07 Å². The van der Waals surface area contributed by atoms with Crippen molar-refractivity contribution in [2.75, 3.05) is 26.5 Å². The molecule has 3 rings (SSSR count). The third-order valence-electron chi connectivity index (χ3n) is 5.28. The van der Waals surface area contributed by atoms with Crippen molar-refractivity contribution in [3.05, 3.63) is 71.8 Å². The molecule has 0 aliphatic rings. The summed E-state index contributed by atoms with van der Waals surface area (Å²) >= 11 is 0. The fraction of sp³-hybridized carbons (Fsp3) is 0.200. The Morgan fingerprint density at radius 2 is 1.73 bits per heavy atom. The van der Waals surface area contributed by atoms with Gasteiger partial charge in [-0.2, -0.15) is 5.26 Å². The van der Waals surface area contributed by atoms with Crippen molar-refractivity contribution < 1.29 is 36.2 Å². The van der Waals surface area contributed by atoms with Crippen LogP contribution in [0.25, 0.3) is 11.1 Å². The predicted molar refractivity (Wildman–Crippen MR) is 132 cm³/mol. The quantitative estimate of drug-likeness (QED) is 0.375. The third-order valence-corrected chi connectivity index (χ3v) is 7.92. The highest BCUT2D eigenvalue weighted by molar-refractivity contribution is 7.91. The number of nitrogens with one attached hydrogen (secondary N) is 1. The molecule has 194 valence electrons. The largest absolute Gasteiger partial charge is 0.546 e. The lowest BCUT2D eigenvalue weighted by molar-refractivity contribution is -0.307. The molecular formula is C25H23N2O8S2-. The molecule has 0 radical (unpaired) electrons. The molecule has 0 aliphatic carbocycles. The van der Waals surface area contributed by atoms with Gasteiger partial charge < -0.3 is 19.4 Å². The summed E-state index contributed by atoms with van der Waals surface area (Å²) in [6.07, 6.45) is 1.19. The second-order valence-electron chi connectivity index (χ2n) is 7.88. The maximum Gasteiger partial charge on any atom is 0.244 e. The van der Waals surface area contributed by atoms with Gasteiger partial charge in [-0.15, -0.1) is 0 Å². The molecule has 0 amide bonds. The van der Waals surface area contributed by atoms with Crippen molar-refractivity contribution in [1.82, 2.24) is 4.72 Å². The fourth-order valence-corrected chi connectivity index (χ4v) is 5.72. The van der Waals surface area contributed by atoms with E-state index in [0.29, 0.717) is 16.7 Å². The number of methoxy groups -OCH3 is 1. The summed E-state index contributed by atoms with van der Waals surface area (Å²) in [7, 11) is -6.29. The Kier molecular flexibility index (Phi) is 8.54. The zero-order chi connectivity index (χ0) is 27.2. The standard InChI is InChI=1S/C25H24N2O8S2/c1-34-21-10-7-17(15-26)13-24(21)37(32,33)27-12-11-18-8-9-19(14-22(18)35-16-25(28)29)20-5-3-4-6-23(20)36(2,30)31/h3-10,13-14,27H,11-12,16H2,1-2H3,(H,28,29)/p-1. The first-order chi connectivity index (χ1) is 17.5. The van der Waals surface area contributed by atoms with Crippen molar-refractivity contribution in [3.8, 4) is 28.7 Å². The number of carboxylic acids is 1. The number of hydrogen-bond acceptors (Lipinski definition) is 9. The molecule has 0 heterocycles. The minimum Gasteiger partial charge on any atom is -0.546 e. The van der Waals surface area contributed by atoms with Crippen LogP contribution in [0.4, 0.5) is 0 Å². The van der Waals surface area contributed by atoms with E-state index < -0.39 is 32.4 Å². The van der Waals surface area contributed by atoms with Gasteiger partial charge in [0.2, 0.25) is 10.0 Å². The van der Waals surface area contributed by atoms with Crippen molar-refractivity contribution >= 4 is 25.8 Å². The van der Waals surface area contributed by atoms with E-state index in [-0.39, 0.29) is 39.8 Å². The van der Waals surface area contributed by atoms with Gasteiger partial charge in [0.05, 0.1) is 29.6 Å². The number of rotatable bonds is 11. The third kappa shape index (κ3) is 6.85. The highest BCUT2D eigenvalue weighted by Crippen LogP contribution is 2.32. The van der Waals surface area contributed by atoms with Crippen molar-refractivity contribution in [3.63, 3.8) is 0 Å². The molecule has 0 saturated carbocycles. The summed E-state index contributed by atoms with van der Waals surface area (Å²) in [6, 6.07) is 17.0. The van der Waals surface area contributed by atoms with Crippen LogP contribution in [-0.2, 0) is 31.1 Å². The molecule has 1 N–H and O–H groups in total. The molecule has 3 aromatic carbocycles. The molecular weight excluding hydrogens is 520 g/mol. The van der Waals surface area contributed by atoms with Crippen LogP contribution >= 0.6 is 0 Å². The number of sulfonamides is 1. The summed E-state index contributed by atoms with van der Waals surface area (Å²) in [4.78, 5) is 10.9. The van der Waals surface area contributed by atoms with Crippen LogP contribution in [0, 0.1) is 11.3 Å². The first kappa shape index (κ1) is 27.7. The average molecular weight is 544 g/mol. The lowest BCUT2D eigenvalue weighted by Gasteiger charge is -2.16. The number of carboxylic acid groups (broad SMARTS) is 1. The van der Waals surface area contributed by atoms with Crippen LogP contribution in [0.2, 0.25) is 0 Å². The Labute approximate surface area is 215 Å². The van der Waals surface area contributed by atoms with Crippen LogP contribution in [0.5, 0.6) is 11.5 Å². The molecule has 0 atom stereocenters. The summed E-state index contributed by atoms with van der Waals surface area (Å²) in [5.74, 6) is -1.26. The first-order valence-electron chi connectivity index (χ1n) is 10.8. The van der Waals surface area contributed by atoms with E-state index in [2.05, 4.69) is 4.72 Å². The van der Waals surface area contributed by atoms with Crippen molar-refractivity contribution in [1.29, 1.82) is 5.26 Å². The molecule has 0 saturated heterocycles. The molecule has 0 aliphatic heterocycles. The number of hydrogen-bond donors (Lipinski definition) is 1. The topological polar surface area (TPSA) is 163 Å². The first-order valence-corrected chi connectivity index (χ1v) is 14.2. The number of benzene rings is 3. The Hall–Kier alpha value is -3.92. The van der Waals surface area contributed by atoms with E-state index in [9.17, 15) is 26.7 Å². The Morgan fingerprint density at radius 3 is 2.38 bits per heavy atom. The molecule has 10 nitrogen and oxygen atoms in total.